The summed E-state index contributed by atoms with van der Waals surface area (Å²) in [6, 6.07) is 6.91. The molecule has 1 saturated carbocycles. The van der Waals surface area contributed by atoms with E-state index in [2.05, 4.69) is 62.5 Å². The smallest absolute Gasteiger partial charge is 0.125 e. The molecule has 2 aromatic rings. The van der Waals surface area contributed by atoms with Gasteiger partial charge in [0.2, 0.25) is 0 Å². The molecule has 1 atom stereocenters. The number of rotatable bonds is 11. The van der Waals surface area contributed by atoms with Crippen LogP contribution in [0.1, 0.15) is 107 Å². The van der Waals surface area contributed by atoms with Crippen molar-refractivity contribution in [1.29, 1.82) is 0 Å². The predicted molar refractivity (Wildman–Crippen MR) is 146 cm³/mol. The van der Waals surface area contributed by atoms with Crippen LogP contribution in [0.2, 0.25) is 11.6 Å². The van der Waals surface area contributed by atoms with Crippen molar-refractivity contribution >= 4 is 41.1 Å². The van der Waals surface area contributed by atoms with Crippen LogP contribution in [0.25, 0.3) is 9.75 Å². The van der Waals surface area contributed by atoms with E-state index in [-0.39, 0.29) is 0 Å². The second kappa shape index (κ2) is 10.7. The fourth-order valence-corrected chi connectivity index (χ4v) is 17.2. The van der Waals surface area contributed by atoms with Crippen molar-refractivity contribution in [2.75, 3.05) is 0 Å². The first-order chi connectivity index (χ1) is 15.1. The molecule has 2 aliphatic rings. The van der Waals surface area contributed by atoms with E-state index in [1.165, 1.54) is 83.5 Å². The number of fused-ring (bicyclic) bond motifs is 3. The third-order valence-corrected chi connectivity index (χ3v) is 16.8. The van der Waals surface area contributed by atoms with E-state index in [0.717, 1.165) is 11.5 Å². The predicted octanol–water partition coefficient (Wildman–Crippen LogP) is 9.08. The molecule has 172 valence electrons. The van der Waals surface area contributed by atoms with E-state index >= 15 is 0 Å². The highest BCUT2D eigenvalue weighted by molar-refractivity contribution is 7.29. The Morgan fingerprint density at radius 3 is 1.97 bits per heavy atom. The zero-order valence-corrected chi connectivity index (χ0v) is 23.2. The van der Waals surface area contributed by atoms with Crippen LogP contribution in [-0.4, -0.2) is 8.07 Å². The van der Waals surface area contributed by atoms with E-state index in [0.29, 0.717) is 0 Å². The zero-order chi connectivity index (χ0) is 21.8. The number of unbranched alkanes of at least 4 members (excludes halogenated alkanes) is 4. The summed E-state index contributed by atoms with van der Waals surface area (Å²) in [5, 5.41) is 3.77. The normalized spacial score (nSPS) is 18.8. The lowest BCUT2D eigenvalue weighted by atomic mass is 9.97. The molecule has 3 heteroatoms. The van der Waals surface area contributed by atoms with Gasteiger partial charge in [0, 0.05) is 19.5 Å². The molecule has 3 heterocycles. The number of aryl methyl sites for hydroxylation is 2. The molecule has 1 fully saturated rings. The Morgan fingerprint density at radius 1 is 0.806 bits per heavy atom. The Kier molecular flexibility index (Phi) is 8.20. The topological polar surface area (TPSA) is 0 Å². The molecule has 0 nitrogen and oxygen atoms in total. The third-order valence-electron chi connectivity index (χ3n) is 8.22. The first kappa shape index (κ1) is 23.8. The van der Waals surface area contributed by atoms with Gasteiger partial charge in [-0.25, -0.2) is 0 Å². The largest absolute Gasteiger partial charge is 0.140 e. The Bertz CT molecular complexity index is 793. The van der Waals surface area contributed by atoms with E-state index in [1.54, 1.807) is 25.6 Å². The lowest BCUT2D eigenvalue weighted by Crippen LogP contribution is -2.59. The lowest BCUT2D eigenvalue weighted by Gasteiger charge is -2.41. The monoisotopic (exact) mass is 472 g/mol. The molecule has 31 heavy (non-hydrogen) atoms. The van der Waals surface area contributed by atoms with Gasteiger partial charge in [0.05, 0.1) is 0 Å². The minimum absolute atomic E-state index is 0.949. The maximum atomic E-state index is 2.68. The highest BCUT2D eigenvalue weighted by Gasteiger charge is 2.53. The molecule has 0 aromatic carbocycles. The van der Waals surface area contributed by atoms with Crippen LogP contribution in [0.15, 0.2) is 12.1 Å². The summed E-state index contributed by atoms with van der Waals surface area (Å²) in [6.07, 6.45) is 18.9. The highest BCUT2D eigenvalue weighted by atomic mass is 32.1. The number of hydrogen-bond acceptors (Lipinski definition) is 2. The summed E-state index contributed by atoms with van der Waals surface area (Å²) in [5.74, 6) is 0.949. The van der Waals surface area contributed by atoms with Gasteiger partial charge in [0.1, 0.15) is 8.07 Å². The van der Waals surface area contributed by atoms with Crippen molar-refractivity contribution in [3.63, 3.8) is 0 Å². The summed E-state index contributed by atoms with van der Waals surface area (Å²) in [4.78, 5) is 6.54. The summed E-state index contributed by atoms with van der Waals surface area (Å²) < 4.78 is 0. The molecule has 0 amide bonds. The first-order valence-electron chi connectivity index (χ1n) is 13.3. The van der Waals surface area contributed by atoms with Crippen molar-refractivity contribution in [2.24, 2.45) is 5.92 Å². The number of hydrogen-bond donors (Lipinski definition) is 0. The van der Waals surface area contributed by atoms with Gasteiger partial charge in [-0.2, -0.15) is 0 Å². The summed E-state index contributed by atoms with van der Waals surface area (Å²) in [6.45, 7) is 9.46. The van der Waals surface area contributed by atoms with Crippen molar-refractivity contribution < 1.29 is 0 Å². The van der Waals surface area contributed by atoms with Gasteiger partial charge in [-0.1, -0.05) is 97.3 Å². The average Bonchev–Trinajstić information content (AvgIpc) is 3.41. The van der Waals surface area contributed by atoms with E-state index in [9.17, 15) is 0 Å². The Morgan fingerprint density at radius 2 is 1.39 bits per heavy atom. The molecule has 0 spiro atoms. The fourth-order valence-electron chi connectivity index (χ4n) is 6.75. The molecule has 0 radical (unpaired) electrons. The Hall–Kier alpha value is -0.383. The van der Waals surface area contributed by atoms with Crippen LogP contribution < -0.4 is 10.4 Å². The van der Waals surface area contributed by atoms with Crippen LogP contribution in [0.3, 0.4) is 0 Å². The zero-order valence-electron chi connectivity index (χ0n) is 20.5. The minimum Gasteiger partial charge on any atom is -0.140 e. The molecule has 0 N–H and O–H groups in total. The van der Waals surface area contributed by atoms with Gasteiger partial charge < -0.3 is 0 Å². The Balaban J connectivity index is 1.73. The van der Waals surface area contributed by atoms with Gasteiger partial charge >= 0.3 is 0 Å². The maximum absolute atomic E-state index is 2.68. The van der Waals surface area contributed by atoms with Gasteiger partial charge in [0.15, 0.2) is 0 Å². The van der Waals surface area contributed by atoms with Gasteiger partial charge in [-0.05, 0) is 53.9 Å². The van der Waals surface area contributed by atoms with Crippen LogP contribution in [-0.2, 0) is 0 Å². The molecule has 1 unspecified atom stereocenters. The van der Waals surface area contributed by atoms with Crippen molar-refractivity contribution in [2.45, 2.75) is 123 Å². The standard InChI is InChI=1S/C28H44S2Si/c1-5-7-9-11-15-23(14-8-6-2)20-31(24-16-12-10-13-17-24)25-18-21(3)29-27(25)28-26(31)19-22(4)30-28/h18-19,23-24H,5-17,20H2,1-4H3. The average molecular weight is 473 g/mol. The molecular formula is C28H44S2Si. The van der Waals surface area contributed by atoms with Crippen molar-refractivity contribution in [1.82, 2.24) is 0 Å². The summed E-state index contributed by atoms with van der Waals surface area (Å²) >= 11 is 4.23. The quantitative estimate of drug-likeness (QED) is 0.226. The second-order valence-corrected chi connectivity index (χ2v) is 17.3. The van der Waals surface area contributed by atoms with Crippen LogP contribution in [0.5, 0.6) is 0 Å². The molecule has 2 aromatic heterocycles. The van der Waals surface area contributed by atoms with Crippen molar-refractivity contribution in [3.8, 4) is 9.75 Å². The highest BCUT2D eigenvalue weighted by Crippen LogP contribution is 2.50. The maximum Gasteiger partial charge on any atom is 0.125 e. The lowest BCUT2D eigenvalue weighted by molar-refractivity contribution is 0.433. The molecular weight excluding hydrogens is 429 g/mol. The first-order valence-corrected chi connectivity index (χ1v) is 17.2. The second-order valence-electron chi connectivity index (χ2n) is 10.6. The molecule has 1 aliphatic carbocycles. The fraction of sp³-hybridized carbons (Fsp3) is 0.714. The minimum atomic E-state index is -1.69. The summed E-state index contributed by atoms with van der Waals surface area (Å²) in [7, 11) is -1.69. The summed E-state index contributed by atoms with van der Waals surface area (Å²) in [5.41, 5.74) is 0.990. The molecule has 4 rings (SSSR count). The van der Waals surface area contributed by atoms with Gasteiger partial charge in [-0.15, -0.1) is 22.7 Å². The van der Waals surface area contributed by atoms with Crippen LogP contribution >= 0.6 is 22.7 Å². The van der Waals surface area contributed by atoms with Gasteiger partial charge in [0.25, 0.3) is 0 Å². The number of thiophene rings is 2. The van der Waals surface area contributed by atoms with Crippen LogP contribution in [0.4, 0.5) is 0 Å². The molecule has 1 aliphatic heterocycles. The molecule has 0 bridgehead atoms. The van der Waals surface area contributed by atoms with E-state index in [1.807, 2.05) is 10.4 Å². The van der Waals surface area contributed by atoms with E-state index < -0.39 is 8.07 Å². The van der Waals surface area contributed by atoms with E-state index in [4.69, 9.17) is 0 Å². The molecule has 0 saturated heterocycles. The van der Waals surface area contributed by atoms with Crippen molar-refractivity contribution in [3.05, 3.63) is 21.9 Å². The third kappa shape index (κ3) is 4.80. The SMILES string of the molecule is CCCCCCC(CCCC)C[Si]1(C2CCCCC2)c2cc(C)sc2-c2sc(C)cc21. The van der Waals surface area contributed by atoms with Crippen LogP contribution in [0, 0.1) is 19.8 Å². The Labute approximate surface area is 200 Å². The van der Waals surface area contributed by atoms with Gasteiger partial charge in [-0.3, -0.25) is 0 Å².